The lowest BCUT2D eigenvalue weighted by Gasteiger charge is -2.09. The molecule has 0 fully saturated rings. The summed E-state index contributed by atoms with van der Waals surface area (Å²) >= 11 is 0. The summed E-state index contributed by atoms with van der Waals surface area (Å²) in [6.45, 7) is 1.45. The number of anilines is 4. The number of rotatable bonds is 6. The summed E-state index contributed by atoms with van der Waals surface area (Å²) in [5, 5.41) is 8.60. The second-order valence-corrected chi connectivity index (χ2v) is 6.17. The molecule has 2 aromatic carbocycles. The highest BCUT2D eigenvalue weighted by Gasteiger charge is 2.05. The van der Waals surface area contributed by atoms with Gasteiger partial charge in [0.05, 0.1) is 18.3 Å². The Hall–Kier alpha value is -3.74. The maximum absolute atomic E-state index is 12.9. The predicted molar refractivity (Wildman–Crippen MR) is 107 cm³/mol. The van der Waals surface area contributed by atoms with Gasteiger partial charge in [-0.05, 0) is 54.1 Å². The van der Waals surface area contributed by atoms with Crippen molar-refractivity contribution >= 4 is 34.7 Å². The molecule has 0 radical (unpaired) electrons. The summed E-state index contributed by atoms with van der Waals surface area (Å²) in [6, 6.07) is 16.5. The van der Waals surface area contributed by atoms with Gasteiger partial charge in [-0.1, -0.05) is 12.1 Å². The number of nitrogens with zero attached hydrogens (tertiary/aromatic N) is 1. The van der Waals surface area contributed by atoms with E-state index in [0.717, 1.165) is 11.3 Å². The van der Waals surface area contributed by atoms with Gasteiger partial charge in [0.1, 0.15) is 11.6 Å². The quantitative estimate of drug-likeness (QED) is 0.603. The molecule has 1 heterocycles. The second-order valence-electron chi connectivity index (χ2n) is 6.17. The number of hydrogen-bond acceptors (Lipinski definition) is 4. The minimum Gasteiger partial charge on any atom is -0.340 e. The normalized spacial score (nSPS) is 10.2. The number of aromatic nitrogens is 1. The number of carbonyl (C=O) groups excluding carboxylic acids is 2. The van der Waals surface area contributed by atoms with Crippen LogP contribution in [-0.2, 0) is 16.0 Å². The van der Waals surface area contributed by atoms with Crippen LogP contribution in [0.25, 0.3) is 0 Å². The number of carbonyl (C=O) groups is 2. The molecule has 0 unspecified atom stereocenters. The van der Waals surface area contributed by atoms with Gasteiger partial charge in [-0.3, -0.25) is 9.59 Å². The zero-order valence-electron chi connectivity index (χ0n) is 15.2. The number of amides is 2. The summed E-state index contributed by atoms with van der Waals surface area (Å²) < 4.78 is 12.9. The van der Waals surface area contributed by atoms with Gasteiger partial charge in [-0.15, -0.1) is 0 Å². The molecule has 0 aliphatic heterocycles. The Morgan fingerprint density at radius 3 is 2.11 bits per heavy atom. The van der Waals surface area contributed by atoms with E-state index in [1.165, 1.54) is 19.1 Å². The Balaban J connectivity index is 1.55. The Morgan fingerprint density at radius 2 is 1.50 bits per heavy atom. The van der Waals surface area contributed by atoms with Gasteiger partial charge in [-0.25, -0.2) is 9.37 Å². The molecule has 142 valence electrons. The van der Waals surface area contributed by atoms with Crippen LogP contribution < -0.4 is 16.0 Å². The molecule has 0 bridgehead atoms. The topological polar surface area (TPSA) is 83.1 Å². The van der Waals surface area contributed by atoms with Gasteiger partial charge < -0.3 is 16.0 Å². The summed E-state index contributed by atoms with van der Waals surface area (Å²) in [6.07, 6.45) is 1.71. The van der Waals surface area contributed by atoms with Crippen molar-refractivity contribution in [2.45, 2.75) is 13.3 Å². The molecule has 0 saturated carbocycles. The monoisotopic (exact) mass is 378 g/mol. The van der Waals surface area contributed by atoms with Crippen LogP contribution in [0.2, 0.25) is 0 Å². The smallest absolute Gasteiger partial charge is 0.228 e. The lowest BCUT2D eigenvalue weighted by Crippen LogP contribution is -2.14. The maximum Gasteiger partial charge on any atom is 0.228 e. The fraction of sp³-hybridized carbons (Fsp3) is 0.0952. The Labute approximate surface area is 161 Å². The summed E-state index contributed by atoms with van der Waals surface area (Å²) in [5.74, 6) is -0.0490. The molecular formula is C21H19FN4O2. The Kier molecular flexibility index (Phi) is 5.96. The van der Waals surface area contributed by atoms with Crippen molar-refractivity contribution < 1.29 is 14.0 Å². The number of nitrogens with one attached hydrogen (secondary N) is 3. The molecule has 0 aliphatic rings. The largest absolute Gasteiger partial charge is 0.340 e. The van der Waals surface area contributed by atoms with Gasteiger partial charge in [0, 0.05) is 18.3 Å². The van der Waals surface area contributed by atoms with E-state index in [-0.39, 0.29) is 24.1 Å². The summed E-state index contributed by atoms with van der Waals surface area (Å²) in [7, 11) is 0. The SMILES string of the molecule is CC(=O)Nc1ccc(Nc2ccc(NC(=O)Cc3ccc(F)cc3)cn2)cc1. The molecule has 0 atom stereocenters. The van der Waals surface area contributed by atoms with Crippen LogP contribution in [0.4, 0.5) is 27.3 Å². The second kappa shape index (κ2) is 8.77. The van der Waals surface area contributed by atoms with Crippen LogP contribution in [0.3, 0.4) is 0 Å². The van der Waals surface area contributed by atoms with E-state index in [0.29, 0.717) is 17.2 Å². The molecule has 0 spiro atoms. The van der Waals surface area contributed by atoms with Crippen LogP contribution >= 0.6 is 0 Å². The van der Waals surface area contributed by atoms with Crippen LogP contribution in [-0.4, -0.2) is 16.8 Å². The minimum absolute atomic E-state index is 0.126. The van der Waals surface area contributed by atoms with E-state index in [4.69, 9.17) is 0 Å². The van der Waals surface area contributed by atoms with Gasteiger partial charge in [-0.2, -0.15) is 0 Å². The fourth-order valence-corrected chi connectivity index (χ4v) is 2.52. The minimum atomic E-state index is -0.332. The molecule has 3 rings (SSSR count). The molecular weight excluding hydrogens is 359 g/mol. The summed E-state index contributed by atoms with van der Waals surface area (Å²) in [4.78, 5) is 27.4. The zero-order chi connectivity index (χ0) is 19.9. The van der Waals surface area contributed by atoms with Gasteiger partial charge in [0.25, 0.3) is 0 Å². The van der Waals surface area contributed by atoms with Crippen molar-refractivity contribution in [3.63, 3.8) is 0 Å². The molecule has 2 amide bonds. The van der Waals surface area contributed by atoms with Gasteiger partial charge in [0.15, 0.2) is 0 Å². The first-order chi connectivity index (χ1) is 13.5. The van der Waals surface area contributed by atoms with Crippen molar-refractivity contribution in [2.75, 3.05) is 16.0 Å². The number of benzene rings is 2. The third-order valence-electron chi connectivity index (χ3n) is 3.80. The highest BCUT2D eigenvalue weighted by Crippen LogP contribution is 2.19. The molecule has 3 N–H and O–H groups in total. The highest BCUT2D eigenvalue weighted by atomic mass is 19.1. The Bertz CT molecular complexity index is 955. The van der Waals surface area contributed by atoms with E-state index in [1.807, 2.05) is 12.1 Å². The lowest BCUT2D eigenvalue weighted by molar-refractivity contribution is -0.116. The number of pyridine rings is 1. The average Bonchev–Trinajstić information content (AvgIpc) is 2.66. The van der Waals surface area contributed by atoms with E-state index >= 15 is 0 Å². The van der Waals surface area contributed by atoms with Crippen LogP contribution in [0.15, 0.2) is 66.9 Å². The van der Waals surface area contributed by atoms with E-state index in [2.05, 4.69) is 20.9 Å². The van der Waals surface area contributed by atoms with Gasteiger partial charge >= 0.3 is 0 Å². The van der Waals surface area contributed by atoms with Crippen LogP contribution in [0, 0.1) is 5.82 Å². The number of halogens is 1. The number of hydrogen-bond donors (Lipinski definition) is 3. The van der Waals surface area contributed by atoms with E-state index < -0.39 is 0 Å². The zero-order valence-corrected chi connectivity index (χ0v) is 15.2. The molecule has 28 heavy (non-hydrogen) atoms. The van der Waals surface area contributed by atoms with E-state index in [1.54, 1.807) is 42.6 Å². The van der Waals surface area contributed by atoms with Crippen molar-refractivity contribution in [1.29, 1.82) is 0 Å². The maximum atomic E-state index is 12.9. The first-order valence-corrected chi connectivity index (χ1v) is 8.63. The van der Waals surface area contributed by atoms with Crippen molar-refractivity contribution in [3.8, 4) is 0 Å². The van der Waals surface area contributed by atoms with Crippen molar-refractivity contribution in [2.24, 2.45) is 0 Å². The first kappa shape index (κ1) is 19.0. The summed E-state index contributed by atoms with van der Waals surface area (Å²) in [5.41, 5.74) is 2.83. The first-order valence-electron chi connectivity index (χ1n) is 8.63. The standard InChI is InChI=1S/C21H19FN4O2/c1-14(27)24-17-6-8-18(9-7-17)25-20-11-10-19(13-23-20)26-21(28)12-15-2-4-16(22)5-3-15/h2-11,13H,12H2,1H3,(H,23,25)(H,24,27)(H,26,28). The molecule has 0 saturated heterocycles. The third-order valence-corrected chi connectivity index (χ3v) is 3.80. The fourth-order valence-electron chi connectivity index (χ4n) is 2.52. The lowest BCUT2D eigenvalue weighted by atomic mass is 10.1. The molecule has 6 nitrogen and oxygen atoms in total. The Morgan fingerprint density at radius 1 is 0.857 bits per heavy atom. The van der Waals surface area contributed by atoms with Crippen molar-refractivity contribution in [1.82, 2.24) is 4.98 Å². The van der Waals surface area contributed by atoms with Crippen LogP contribution in [0.1, 0.15) is 12.5 Å². The highest BCUT2D eigenvalue weighted by molar-refractivity contribution is 5.92. The molecule has 7 heteroatoms. The van der Waals surface area contributed by atoms with Gasteiger partial charge in [0.2, 0.25) is 11.8 Å². The molecule has 0 aliphatic carbocycles. The predicted octanol–water partition coefficient (Wildman–Crippen LogP) is 4.10. The van der Waals surface area contributed by atoms with Crippen LogP contribution in [0.5, 0.6) is 0 Å². The molecule has 1 aromatic heterocycles. The van der Waals surface area contributed by atoms with Crippen molar-refractivity contribution in [3.05, 3.63) is 78.2 Å². The average molecular weight is 378 g/mol. The third kappa shape index (κ3) is 5.63. The van der Waals surface area contributed by atoms with E-state index in [9.17, 15) is 14.0 Å². The molecule has 3 aromatic rings.